The van der Waals surface area contributed by atoms with E-state index in [4.69, 9.17) is 4.74 Å². The highest BCUT2D eigenvalue weighted by atomic mass is 16.6. The zero-order valence-electron chi connectivity index (χ0n) is 15.4. The first-order valence-electron chi connectivity index (χ1n) is 9.28. The van der Waals surface area contributed by atoms with Crippen molar-refractivity contribution in [3.63, 3.8) is 0 Å². The lowest BCUT2D eigenvalue weighted by Crippen LogP contribution is -2.39. The second-order valence-electron chi connectivity index (χ2n) is 7.46. The standard InChI is InChI=1S/C20H23N3O4/c1-21-14-20(27-19(21)26)9-4-11-22(12-10-20)18(25)13-23-16-6-3-2-5-15(16)7-8-17(23)24/h2-3,5-8H,4,9-14H2,1H3/t20-/m0/s1. The molecule has 142 valence electrons. The Hall–Kier alpha value is -2.83. The molecule has 0 aliphatic carbocycles. The first kappa shape index (κ1) is 17.6. The van der Waals surface area contributed by atoms with E-state index < -0.39 is 5.60 Å². The van der Waals surface area contributed by atoms with Crippen LogP contribution in [0.2, 0.25) is 0 Å². The van der Waals surface area contributed by atoms with Crippen molar-refractivity contribution in [2.24, 2.45) is 0 Å². The number of benzene rings is 1. The fourth-order valence-electron chi connectivity index (χ4n) is 4.11. The highest BCUT2D eigenvalue weighted by molar-refractivity contribution is 5.82. The molecule has 7 heteroatoms. The summed E-state index contributed by atoms with van der Waals surface area (Å²) in [6, 6.07) is 10.8. The number of para-hydroxylation sites is 1. The van der Waals surface area contributed by atoms with E-state index in [0.29, 0.717) is 26.1 Å². The molecule has 1 spiro atoms. The molecule has 0 radical (unpaired) electrons. The first-order valence-corrected chi connectivity index (χ1v) is 9.28. The highest BCUT2D eigenvalue weighted by Gasteiger charge is 2.44. The maximum absolute atomic E-state index is 12.9. The van der Waals surface area contributed by atoms with Gasteiger partial charge in [-0.15, -0.1) is 0 Å². The van der Waals surface area contributed by atoms with Crippen LogP contribution in [0.5, 0.6) is 0 Å². The van der Waals surface area contributed by atoms with Gasteiger partial charge in [0.1, 0.15) is 12.1 Å². The Morgan fingerprint density at radius 1 is 1.11 bits per heavy atom. The Morgan fingerprint density at radius 3 is 2.70 bits per heavy atom. The smallest absolute Gasteiger partial charge is 0.410 e. The number of ether oxygens (including phenoxy) is 1. The van der Waals surface area contributed by atoms with E-state index in [2.05, 4.69) is 0 Å². The topological polar surface area (TPSA) is 71.8 Å². The van der Waals surface area contributed by atoms with Crippen LogP contribution in [0.15, 0.2) is 41.2 Å². The number of amides is 2. The predicted octanol–water partition coefficient (Wildman–Crippen LogP) is 1.83. The fraction of sp³-hybridized carbons (Fsp3) is 0.450. The van der Waals surface area contributed by atoms with Gasteiger partial charge in [0, 0.05) is 32.6 Å². The molecule has 0 saturated carbocycles. The largest absolute Gasteiger partial charge is 0.441 e. The zero-order valence-corrected chi connectivity index (χ0v) is 15.4. The molecule has 7 nitrogen and oxygen atoms in total. The molecule has 3 heterocycles. The summed E-state index contributed by atoms with van der Waals surface area (Å²) in [7, 11) is 1.73. The van der Waals surface area contributed by atoms with E-state index in [1.54, 1.807) is 22.9 Å². The average Bonchev–Trinajstić information content (AvgIpc) is 2.81. The Balaban J connectivity index is 1.51. The van der Waals surface area contributed by atoms with Gasteiger partial charge in [-0.2, -0.15) is 0 Å². The van der Waals surface area contributed by atoms with E-state index in [-0.39, 0.29) is 24.1 Å². The van der Waals surface area contributed by atoms with Gasteiger partial charge in [0.05, 0.1) is 12.1 Å². The molecular weight excluding hydrogens is 346 g/mol. The summed E-state index contributed by atoms with van der Waals surface area (Å²) < 4.78 is 7.13. The Bertz CT molecular complexity index is 954. The summed E-state index contributed by atoms with van der Waals surface area (Å²) in [5.41, 5.74) is 0.0904. The van der Waals surface area contributed by atoms with E-state index >= 15 is 0 Å². The molecule has 1 aromatic carbocycles. The predicted molar refractivity (Wildman–Crippen MR) is 100 cm³/mol. The number of nitrogens with zero attached hydrogens (tertiary/aromatic N) is 3. The second kappa shape index (κ2) is 6.72. The number of likely N-dealkylation sites (tertiary alicyclic amines) is 1. The maximum atomic E-state index is 12.9. The summed E-state index contributed by atoms with van der Waals surface area (Å²) in [5.74, 6) is -0.0804. The van der Waals surface area contributed by atoms with Gasteiger partial charge in [-0.3, -0.25) is 14.2 Å². The van der Waals surface area contributed by atoms with Gasteiger partial charge in [0.15, 0.2) is 0 Å². The number of carbonyl (C=O) groups excluding carboxylic acids is 2. The number of likely N-dealkylation sites (N-methyl/N-ethyl adjacent to an activating group) is 1. The Labute approximate surface area is 157 Å². The third kappa shape index (κ3) is 3.29. The minimum absolute atomic E-state index is 0.0207. The number of pyridine rings is 1. The lowest BCUT2D eigenvalue weighted by atomic mass is 9.95. The van der Waals surface area contributed by atoms with Crippen molar-refractivity contribution in [3.05, 3.63) is 46.8 Å². The maximum Gasteiger partial charge on any atom is 0.410 e. The van der Waals surface area contributed by atoms with Crippen LogP contribution in [0.25, 0.3) is 10.9 Å². The average molecular weight is 369 g/mol. The molecule has 2 saturated heterocycles. The zero-order chi connectivity index (χ0) is 19.0. The molecular formula is C20H23N3O4. The number of rotatable bonds is 2. The van der Waals surface area contributed by atoms with Crippen LogP contribution in [0, 0.1) is 0 Å². The summed E-state index contributed by atoms with van der Waals surface area (Å²) >= 11 is 0. The van der Waals surface area contributed by atoms with Crippen molar-refractivity contribution in [1.82, 2.24) is 14.4 Å². The number of hydrogen-bond donors (Lipinski definition) is 0. The molecule has 0 bridgehead atoms. The summed E-state index contributed by atoms with van der Waals surface area (Å²) in [6.07, 6.45) is 1.86. The van der Waals surface area contributed by atoms with Crippen molar-refractivity contribution in [1.29, 1.82) is 0 Å². The molecule has 0 unspecified atom stereocenters. The lowest BCUT2D eigenvalue weighted by Gasteiger charge is -2.25. The summed E-state index contributed by atoms with van der Waals surface area (Å²) in [4.78, 5) is 40.4. The molecule has 1 aromatic heterocycles. The Kier molecular flexibility index (Phi) is 4.37. The van der Waals surface area contributed by atoms with Crippen molar-refractivity contribution in [2.45, 2.75) is 31.4 Å². The molecule has 27 heavy (non-hydrogen) atoms. The molecule has 4 rings (SSSR count). The first-order chi connectivity index (χ1) is 13.0. The van der Waals surface area contributed by atoms with E-state index in [1.807, 2.05) is 24.3 Å². The Morgan fingerprint density at radius 2 is 1.93 bits per heavy atom. The number of aromatic nitrogens is 1. The molecule has 2 aromatic rings. The lowest BCUT2D eigenvalue weighted by molar-refractivity contribution is -0.131. The highest BCUT2D eigenvalue weighted by Crippen LogP contribution is 2.32. The second-order valence-corrected chi connectivity index (χ2v) is 7.46. The van der Waals surface area contributed by atoms with Crippen molar-refractivity contribution >= 4 is 22.9 Å². The van der Waals surface area contributed by atoms with Crippen LogP contribution in [0.4, 0.5) is 4.79 Å². The van der Waals surface area contributed by atoms with E-state index in [9.17, 15) is 14.4 Å². The summed E-state index contributed by atoms with van der Waals surface area (Å²) in [6.45, 7) is 1.73. The van der Waals surface area contributed by atoms with Gasteiger partial charge >= 0.3 is 6.09 Å². The SMILES string of the molecule is CN1C[C@@]2(CCCN(C(=O)Cn3c(=O)ccc4ccccc43)CC2)OC1=O. The molecule has 2 aliphatic rings. The normalized spacial score (nSPS) is 22.9. The van der Waals surface area contributed by atoms with Gasteiger partial charge < -0.3 is 14.5 Å². The van der Waals surface area contributed by atoms with Crippen LogP contribution in [0.3, 0.4) is 0 Å². The number of carbonyl (C=O) groups is 2. The quantitative estimate of drug-likeness (QED) is 0.810. The van der Waals surface area contributed by atoms with E-state index in [1.165, 1.54) is 10.6 Å². The van der Waals surface area contributed by atoms with Gasteiger partial charge in [0.25, 0.3) is 5.56 Å². The van der Waals surface area contributed by atoms with Crippen molar-refractivity contribution in [3.8, 4) is 0 Å². The van der Waals surface area contributed by atoms with Crippen LogP contribution >= 0.6 is 0 Å². The third-order valence-electron chi connectivity index (χ3n) is 5.58. The monoisotopic (exact) mass is 369 g/mol. The van der Waals surface area contributed by atoms with Gasteiger partial charge in [-0.25, -0.2) is 4.79 Å². The molecule has 2 aliphatic heterocycles. The minimum atomic E-state index is -0.489. The fourth-order valence-corrected chi connectivity index (χ4v) is 4.11. The molecule has 1 atom stereocenters. The van der Waals surface area contributed by atoms with Gasteiger partial charge in [0.2, 0.25) is 5.91 Å². The summed E-state index contributed by atoms with van der Waals surface area (Å²) in [5, 5.41) is 0.931. The van der Waals surface area contributed by atoms with Gasteiger partial charge in [-0.1, -0.05) is 18.2 Å². The van der Waals surface area contributed by atoms with Crippen LogP contribution in [-0.4, -0.2) is 58.7 Å². The molecule has 2 amide bonds. The van der Waals surface area contributed by atoms with E-state index in [0.717, 1.165) is 23.7 Å². The molecule has 2 fully saturated rings. The third-order valence-corrected chi connectivity index (χ3v) is 5.58. The van der Waals surface area contributed by atoms with Crippen molar-refractivity contribution < 1.29 is 14.3 Å². The minimum Gasteiger partial charge on any atom is -0.441 e. The molecule has 0 N–H and O–H groups in total. The van der Waals surface area contributed by atoms with Crippen LogP contribution < -0.4 is 5.56 Å². The van der Waals surface area contributed by atoms with Crippen LogP contribution in [0.1, 0.15) is 19.3 Å². The number of fused-ring (bicyclic) bond motifs is 1. The van der Waals surface area contributed by atoms with Crippen molar-refractivity contribution in [2.75, 3.05) is 26.7 Å². The van der Waals surface area contributed by atoms with Gasteiger partial charge in [-0.05, 0) is 30.4 Å². The van der Waals surface area contributed by atoms with Crippen LogP contribution in [-0.2, 0) is 16.1 Å². The number of hydrogen-bond acceptors (Lipinski definition) is 4.